The van der Waals surface area contributed by atoms with Gasteiger partial charge in [-0.3, -0.25) is 4.79 Å². The Bertz CT molecular complexity index is 730. The summed E-state index contributed by atoms with van der Waals surface area (Å²) >= 11 is 0. The van der Waals surface area contributed by atoms with Gasteiger partial charge in [0.15, 0.2) is 0 Å². The maximum atomic E-state index is 14.1. The van der Waals surface area contributed by atoms with Gasteiger partial charge in [0, 0.05) is 32.1 Å². The predicted octanol–water partition coefficient (Wildman–Crippen LogP) is 1.79. The number of nitrogens with one attached hydrogen (secondary N) is 1. The van der Waals surface area contributed by atoms with Gasteiger partial charge < -0.3 is 10.2 Å². The van der Waals surface area contributed by atoms with E-state index in [0.29, 0.717) is 24.5 Å². The number of carbonyl (C=O) groups is 1. The summed E-state index contributed by atoms with van der Waals surface area (Å²) in [5.74, 6) is 0.162. The molecule has 0 radical (unpaired) electrons. The predicted molar refractivity (Wildman–Crippen MR) is 88.7 cm³/mol. The monoisotopic (exact) mass is 331 g/mol. The molecule has 1 aliphatic rings. The molecule has 0 bridgehead atoms. The highest BCUT2D eigenvalue weighted by Gasteiger charge is 2.28. The van der Waals surface area contributed by atoms with E-state index in [4.69, 9.17) is 0 Å². The molecule has 1 fully saturated rings. The number of benzene rings is 1. The molecule has 1 atom stereocenters. The lowest BCUT2D eigenvalue weighted by Gasteiger charge is -2.33. The number of hydrogen-bond acceptors (Lipinski definition) is 4. The molecule has 0 spiro atoms. The Morgan fingerprint density at radius 2 is 2.21 bits per heavy atom. The topological polar surface area (TPSA) is 63.1 Å². The maximum Gasteiger partial charge on any atom is 0.293 e. The summed E-state index contributed by atoms with van der Waals surface area (Å²) in [4.78, 5) is 18.9. The molecule has 1 aliphatic heterocycles. The van der Waals surface area contributed by atoms with Crippen molar-refractivity contribution < 1.29 is 9.18 Å². The number of nitrogens with zero attached hydrogens (tertiary/aromatic N) is 4. The van der Waals surface area contributed by atoms with E-state index in [1.165, 1.54) is 10.7 Å². The summed E-state index contributed by atoms with van der Waals surface area (Å²) in [6.07, 6.45) is 1.47. The second-order valence-electron chi connectivity index (χ2n) is 6.02. The van der Waals surface area contributed by atoms with E-state index in [0.717, 1.165) is 19.5 Å². The molecule has 128 valence electrons. The molecule has 1 N–H and O–H groups in total. The summed E-state index contributed by atoms with van der Waals surface area (Å²) in [6, 6.07) is 6.48. The number of hydrogen-bond donors (Lipinski definition) is 1. The van der Waals surface area contributed by atoms with Crippen LogP contribution >= 0.6 is 0 Å². The zero-order valence-corrected chi connectivity index (χ0v) is 14.0. The number of amides is 1. The highest BCUT2D eigenvalue weighted by atomic mass is 19.1. The van der Waals surface area contributed by atoms with Crippen LogP contribution in [0, 0.1) is 5.82 Å². The molecule has 3 rings (SSSR count). The van der Waals surface area contributed by atoms with Crippen LogP contribution in [0.15, 0.2) is 24.3 Å². The zero-order valence-electron chi connectivity index (χ0n) is 14.0. The Morgan fingerprint density at radius 1 is 1.42 bits per heavy atom. The second kappa shape index (κ2) is 7.09. The van der Waals surface area contributed by atoms with Crippen LogP contribution in [-0.2, 0) is 6.42 Å². The molecular weight excluding hydrogens is 309 g/mol. The van der Waals surface area contributed by atoms with Gasteiger partial charge in [-0.05, 0) is 25.5 Å². The van der Waals surface area contributed by atoms with Crippen molar-refractivity contribution in [3.05, 3.63) is 41.7 Å². The fraction of sp³-hybridized carbons (Fsp3) is 0.471. The van der Waals surface area contributed by atoms with Crippen molar-refractivity contribution in [2.45, 2.75) is 32.7 Å². The van der Waals surface area contributed by atoms with Crippen LogP contribution in [0.3, 0.4) is 0 Å². The summed E-state index contributed by atoms with van der Waals surface area (Å²) in [6.45, 7) is 6.13. The van der Waals surface area contributed by atoms with Crippen molar-refractivity contribution in [3.63, 3.8) is 0 Å². The quantitative estimate of drug-likeness (QED) is 0.928. The molecule has 0 unspecified atom stereocenters. The van der Waals surface area contributed by atoms with Crippen LogP contribution in [-0.4, -0.2) is 51.2 Å². The third kappa shape index (κ3) is 3.17. The first kappa shape index (κ1) is 16.6. The molecule has 24 heavy (non-hydrogen) atoms. The van der Waals surface area contributed by atoms with Crippen LogP contribution in [0.1, 0.15) is 36.7 Å². The van der Waals surface area contributed by atoms with Crippen molar-refractivity contribution >= 4 is 5.91 Å². The van der Waals surface area contributed by atoms with Crippen LogP contribution in [0.25, 0.3) is 5.69 Å². The summed E-state index contributed by atoms with van der Waals surface area (Å²) in [5, 5.41) is 7.57. The van der Waals surface area contributed by atoms with E-state index in [1.54, 1.807) is 23.1 Å². The highest BCUT2D eigenvalue weighted by molar-refractivity contribution is 5.90. The van der Waals surface area contributed by atoms with E-state index in [9.17, 15) is 9.18 Å². The van der Waals surface area contributed by atoms with Gasteiger partial charge in [0.25, 0.3) is 5.91 Å². The lowest BCUT2D eigenvalue weighted by molar-refractivity contribution is 0.0643. The minimum atomic E-state index is -0.380. The molecule has 1 amide bonds. The number of aromatic nitrogens is 3. The van der Waals surface area contributed by atoms with Crippen LogP contribution < -0.4 is 5.32 Å². The second-order valence-corrected chi connectivity index (χ2v) is 6.02. The minimum Gasteiger partial charge on any atom is -0.331 e. The molecule has 1 aromatic heterocycles. The van der Waals surface area contributed by atoms with Crippen LogP contribution in [0.2, 0.25) is 0 Å². The average molecular weight is 331 g/mol. The number of halogens is 1. The number of aryl methyl sites for hydroxylation is 1. The van der Waals surface area contributed by atoms with E-state index in [2.05, 4.69) is 15.4 Å². The summed E-state index contributed by atoms with van der Waals surface area (Å²) in [5.41, 5.74) is 0.320. The Kier molecular flexibility index (Phi) is 4.89. The maximum absolute atomic E-state index is 14.1. The van der Waals surface area contributed by atoms with Gasteiger partial charge >= 0.3 is 0 Å². The van der Waals surface area contributed by atoms with Crippen LogP contribution in [0.4, 0.5) is 4.39 Å². The number of carbonyl (C=O) groups excluding carboxylic acids is 1. The number of rotatable bonds is 4. The van der Waals surface area contributed by atoms with Gasteiger partial charge in [-0.25, -0.2) is 14.1 Å². The first-order valence-corrected chi connectivity index (χ1v) is 8.34. The molecule has 2 heterocycles. The van der Waals surface area contributed by atoms with E-state index in [-0.39, 0.29) is 23.6 Å². The number of piperazine rings is 1. The fourth-order valence-electron chi connectivity index (χ4n) is 2.91. The Hall–Kier alpha value is -2.28. The molecular formula is C17H22FN5O. The first-order valence-electron chi connectivity index (χ1n) is 8.34. The van der Waals surface area contributed by atoms with E-state index < -0.39 is 0 Å². The summed E-state index contributed by atoms with van der Waals surface area (Å²) < 4.78 is 15.6. The minimum absolute atomic E-state index is 0.0845. The highest BCUT2D eigenvalue weighted by Crippen LogP contribution is 2.16. The van der Waals surface area contributed by atoms with Gasteiger partial charge in [-0.2, -0.15) is 0 Å². The SMILES string of the molecule is CCCc1nc(C(=O)N2CCNC[C@@H]2C)nn1-c1ccccc1F. The van der Waals surface area contributed by atoms with Gasteiger partial charge in [-0.1, -0.05) is 19.1 Å². The van der Waals surface area contributed by atoms with E-state index in [1.807, 2.05) is 13.8 Å². The van der Waals surface area contributed by atoms with Crippen molar-refractivity contribution in [1.29, 1.82) is 0 Å². The third-order valence-electron chi connectivity index (χ3n) is 4.18. The lowest BCUT2D eigenvalue weighted by atomic mass is 10.2. The normalized spacial score (nSPS) is 18.0. The molecule has 1 saturated heterocycles. The molecule has 7 heteroatoms. The zero-order chi connectivity index (χ0) is 17.1. The van der Waals surface area contributed by atoms with Crippen molar-refractivity contribution in [1.82, 2.24) is 25.0 Å². The smallest absolute Gasteiger partial charge is 0.293 e. The third-order valence-corrected chi connectivity index (χ3v) is 4.18. The number of para-hydroxylation sites is 1. The van der Waals surface area contributed by atoms with Gasteiger partial charge in [0.05, 0.1) is 0 Å². The Balaban J connectivity index is 1.97. The van der Waals surface area contributed by atoms with Gasteiger partial charge in [-0.15, -0.1) is 5.10 Å². The Labute approximate surface area is 140 Å². The molecule has 0 saturated carbocycles. The van der Waals surface area contributed by atoms with Crippen molar-refractivity contribution in [2.75, 3.05) is 19.6 Å². The largest absolute Gasteiger partial charge is 0.331 e. The van der Waals surface area contributed by atoms with Gasteiger partial charge in [0.1, 0.15) is 17.3 Å². The van der Waals surface area contributed by atoms with Crippen LogP contribution in [0.5, 0.6) is 0 Å². The average Bonchev–Trinajstić information content (AvgIpc) is 2.99. The lowest BCUT2D eigenvalue weighted by Crippen LogP contribution is -2.52. The van der Waals surface area contributed by atoms with Crippen molar-refractivity contribution in [3.8, 4) is 5.69 Å². The first-order chi connectivity index (χ1) is 11.6. The van der Waals surface area contributed by atoms with Crippen molar-refractivity contribution in [2.24, 2.45) is 0 Å². The summed E-state index contributed by atoms with van der Waals surface area (Å²) in [7, 11) is 0. The van der Waals surface area contributed by atoms with E-state index >= 15 is 0 Å². The Morgan fingerprint density at radius 3 is 2.92 bits per heavy atom. The molecule has 0 aliphatic carbocycles. The molecule has 1 aromatic carbocycles. The van der Waals surface area contributed by atoms with Gasteiger partial charge in [0.2, 0.25) is 5.82 Å². The fourth-order valence-corrected chi connectivity index (χ4v) is 2.91. The standard InChI is InChI=1S/C17H22FN5O/c1-3-6-15-20-16(17(24)22-10-9-19-11-12(22)2)21-23(15)14-8-5-4-7-13(14)18/h4-5,7-8,12,19H,3,6,9-11H2,1-2H3/t12-/m0/s1. The molecule has 6 nitrogen and oxygen atoms in total. The molecule has 2 aromatic rings.